The van der Waals surface area contributed by atoms with Crippen LogP contribution in [0.5, 0.6) is 0 Å². The highest BCUT2D eigenvalue weighted by molar-refractivity contribution is 7.92. The number of benzene rings is 3. The van der Waals surface area contributed by atoms with Gasteiger partial charge in [0.2, 0.25) is 21.8 Å². The second-order valence-electron chi connectivity index (χ2n) is 11.1. The number of nitrogens with one attached hydrogen (secondary N) is 1. The van der Waals surface area contributed by atoms with E-state index in [2.05, 4.69) is 5.32 Å². The van der Waals surface area contributed by atoms with Crippen molar-refractivity contribution < 1.29 is 22.4 Å². The van der Waals surface area contributed by atoms with E-state index in [0.29, 0.717) is 17.0 Å². The largest absolute Gasteiger partial charge is 0.352 e. The van der Waals surface area contributed by atoms with Crippen molar-refractivity contribution >= 4 is 39.1 Å². The van der Waals surface area contributed by atoms with Crippen LogP contribution < -0.4 is 9.62 Å². The van der Waals surface area contributed by atoms with Gasteiger partial charge in [-0.25, -0.2) is 12.8 Å². The summed E-state index contributed by atoms with van der Waals surface area (Å²) >= 11 is 6.50. The Bertz CT molecular complexity index is 1480. The average molecular weight is 628 g/mol. The van der Waals surface area contributed by atoms with Gasteiger partial charge in [0, 0.05) is 37.0 Å². The van der Waals surface area contributed by atoms with Crippen LogP contribution in [0.3, 0.4) is 0 Å². The van der Waals surface area contributed by atoms with Gasteiger partial charge in [0.25, 0.3) is 0 Å². The lowest BCUT2D eigenvalue weighted by Crippen LogP contribution is -2.53. The predicted octanol–water partition coefficient (Wildman–Crippen LogP) is 6.11. The standard InChI is InChI=1S/C33H39ClFN3O4S/c1-43(41,42)38(30-20-11-10-19-29(30)35)22-12-21-32(39)37(24-26-15-8-9-18-28(26)34)31(23-25-13-4-2-5-14-25)33(40)36-27-16-6-3-7-17-27/h2,4-5,8-11,13-15,18-20,27,31H,3,6-7,12,16-17,21-24H2,1H3,(H,36,40). The summed E-state index contributed by atoms with van der Waals surface area (Å²) in [5.74, 6) is -1.20. The first-order valence-electron chi connectivity index (χ1n) is 14.7. The number of halogens is 2. The molecule has 1 unspecified atom stereocenters. The van der Waals surface area contributed by atoms with Crippen molar-refractivity contribution in [3.8, 4) is 0 Å². The summed E-state index contributed by atoms with van der Waals surface area (Å²) in [5, 5.41) is 3.68. The fourth-order valence-corrected chi connectivity index (χ4v) is 6.71. The Morgan fingerprint density at radius 1 is 0.953 bits per heavy atom. The van der Waals surface area contributed by atoms with Crippen LogP contribution in [0.2, 0.25) is 5.02 Å². The summed E-state index contributed by atoms with van der Waals surface area (Å²) in [5.41, 5.74) is 1.54. The molecule has 0 saturated heterocycles. The average Bonchev–Trinajstić information content (AvgIpc) is 2.99. The monoisotopic (exact) mass is 627 g/mol. The molecule has 1 N–H and O–H groups in total. The Labute approximate surface area is 259 Å². The van der Waals surface area contributed by atoms with Crippen molar-refractivity contribution in [1.82, 2.24) is 10.2 Å². The summed E-state index contributed by atoms with van der Waals surface area (Å²) in [6, 6.07) is 21.6. The van der Waals surface area contributed by atoms with Gasteiger partial charge in [0.05, 0.1) is 11.9 Å². The summed E-state index contributed by atoms with van der Waals surface area (Å²) in [7, 11) is -3.81. The van der Waals surface area contributed by atoms with Gasteiger partial charge in [-0.1, -0.05) is 91.5 Å². The molecular weight excluding hydrogens is 589 g/mol. The fourth-order valence-electron chi connectivity index (χ4n) is 5.54. The predicted molar refractivity (Wildman–Crippen MR) is 169 cm³/mol. The zero-order valence-electron chi connectivity index (χ0n) is 24.4. The molecule has 1 fully saturated rings. The molecule has 0 heterocycles. The van der Waals surface area contributed by atoms with Crippen molar-refractivity contribution in [3.05, 3.63) is 101 Å². The number of amides is 2. The second-order valence-corrected chi connectivity index (χ2v) is 13.4. The minimum atomic E-state index is -3.81. The summed E-state index contributed by atoms with van der Waals surface area (Å²) in [4.78, 5) is 29.4. The molecule has 43 heavy (non-hydrogen) atoms. The third kappa shape index (κ3) is 9.28. The summed E-state index contributed by atoms with van der Waals surface area (Å²) < 4.78 is 40.6. The smallest absolute Gasteiger partial charge is 0.243 e. The van der Waals surface area contributed by atoms with Crippen molar-refractivity contribution in [1.29, 1.82) is 0 Å². The van der Waals surface area contributed by atoms with Crippen molar-refractivity contribution in [2.24, 2.45) is 0 Å². The SMILES string of the molecule is CS(=O)(=O)N(CCCC(=O)N(Cc1ccccc1Cl)C(Cc1ccccc1)C(=O)NC1CCCCC1)c1ccccc1F. The number of para-hydroxylation sites is 1. The number of anilines is 1. The number of carbonyl (C=O) groups excluding carboxylic acids is 2. The highest BCUT2D eigenvalue weighted by atomic mass is 35.5. The zero-order chi connectivity index (χ0) is 30.8. The van der Waals surface area contributed by atoms with Crippen LogP contribution in [-0.2, 0) is 32.6 Å². The molecule has 230 valence electrons. The first-order chi connectivity index (χ1) is 20.6. The van der Waals surface area contributed by atoms with Crippen LogP contribution in [0.4, 0.5) is 10.1 Å². The zero-order valence-corrected chi connectivity index (χ0v) is 26.0. The molecule has 3 aromatic rings. The lowest BCUT2D eigenvalue weighted by molar-refractivity contribution is -0.141. The number of hydrogen-bond donors (Lipinski definition) is 1. The van der Waals surface area contributed by atoms with Gasteiger partial charge < -0.3 is 10.2 Å². The Balaban J connectivity index is 1.60. The molecule has 0 aliphatic heterocycles. The van der Waals surface area contributed by atoms with Gasteiger partial charge in [-0.15, -0.1) is 0 Å². The molecule has 0 radical (unpaired) electrons. The molecule has 7 nitrogen and oxygen atoms in total. The number of nitrogens with zero attached hydrogens (tertiary/aromatic N) is 2. The highest BCUT2D eigenvalue weighted by Gasteiger charge is 2.32. The van der Waals surface area contributed by atoms with E-state index >= 15 is 0 Å². The van der Waals surface area contributed by atoms with Crippen LogP contribution in [0, 0.1) is 5.82 Å². The van der Waals surface area contributed by atoms with Crippen LogP contribution >= 0.6 is 11.6 Å². The molecule has 1 aliphatic carbocycles. The molecular formula is C33H39ClFN3O4S. The first kappa shape index (κ1) is 32.5. The molecule has 2 amide bonds. The maximum atomic E-state index is 14.5. The normalized spacial score (nSPS) is 14.6. The third-order valence-electron chi connectivity index (χ3n) is 7.79. The van der Waals surface area contributed by atoms with Gasteiger partial charge in [0.15, 0.2) is 0 Å². The molecule has 0 bridgehead atoms. The Morgan fingerprint density at radius 3 is 2.28 bits per heavy atom. The van der Waals surface area contributed by atoms with E-state index in [0.717, 1.165) is 48.2 Å². The number of sulfonamides is 1. The summed E-state index contributed by atoms with van der Waals surface area (Å²) in [6.07, 6.45) is 6.45. The Kier molecular flexibility index (Phi) is 11.6. The first-order valence-corrected chi connectivity index (χ1v) is 17.0. The minimum Gasteiger partial charge on any atom is -0.352 e. The number of rotatable bonds is 13. The number of carbonyl (C=O) groups is 2. The van der Waals surface area contributed by atoms with E-state index in [4.69, 9.17) is 11.6 Å². The van der Waals surface area contributed by atoms with E-state index < -0.39 is 21.9 Å². The minimum absolute atomic E-state index is 0.0487. The van der Waals surface area contributed by atoms with E-state index in [1.165, 1.54) is 18.2 Å². The molecule has 0 aromatic heterocycles. The molecule has 10 heteroatoms. The fraction of sp³-hybridized carbons (Fsp3) is 0.394. The van der Waals surface area contributed by atoms with Gasteiger partial charge in [-0.2, -0.15) is 0 Å². The maximum absolute atomic E-state index is 14.5. The lowest BCUT2D eigenvalue weighted by atomic mass is 9.94. The van der Waals surface area contributed by atoms with Gasteiger partial charge >= 0.3 is 0 Å². The topological polar surface area (TPSA) is 86.8 Å². The molecule has 1 aliphatic rings. The third-order valence-corrected chi connectivity index (χ3v) is 9.34. The quantitative estimate of drug-likeness (QED) is 0.248. The van der Waals surface area contributed by atoms with Gasteiger partial charge in [-0.3, -0.25) is 13.9 Å². The van der Waals surface area contributed by atoms with E-state index in [-0.39, 0.29) is 49.5 Å². The second kappa shape index (κ2) is 15.3. The van der Waals surface area contributed by atoms with Gasteiger partial charge in [-0.05, 0) is 48.6 Å². The van der Waals surface area contributed by atoms with Crippen LogP contribution in [0.1, 0.15) is 56.1 Å². The van der Waals surface area contributed by atoms with Crippen molar-refractivity contribution in [3.63, 3.8) is 0 Å². The van der Waals surface area contributed by atoms with E-state index in [1.807, 2.05) is 42.5 Å². The van der Waals surface area contributed by atoms with Crippen LogP contribution in [-0.4, -0.2) is 50.0 Å². The molecule has 0 spiro atoms. The van der Waals surface area contributed by atoms with Crippen LogP contribution in [0.15, 0.2) is 78.9 Å². The maximum Gasteiger partial charge on any atom is 0.243 e. The van der Waals surface area contributed by atoms with Crippen molar-refractivity contribution in [2.75, 3.05) is 17.1 Å². The van der Waals surface area contributed by atoms with Crippen LogP contribution in [0.25, 0.3) is 0 Å². The van der Waals surface area contributed by atoms with E-state index in [1.54, 1.807) is 23.1 Å². The summed E-state index contributed by atoms with van der Waals surface area (Å²) in [6.45, 7) is 0.0141. The molecule has 3 aromatic carbocycles. The molecule has 1 atom stereocenters. The molecule has 4 rings (SSSR count). The van der Waals surface area contributed by atoms with E-state index in [9.17, 15) is 22.4 Å². The number of hydrogen-bond acceptors (Lipinski definition) is 4. The Hall–Kier alpha value is -3.43. The Morgan fingerprint density at radius 2 is 1.60 bits per heavy atom. The molecule has 1 saturated carbocycles. The van der Waals surface area contributed by atoms with Gasteiger partial charge in [0.1, 0.15) is 11.9 Å². The highest BCUT2D eigenvalue weighted by Crippen LogP contribution is 2.25. The van der Waals surface area contributed by atoms with Crippen molar-refractivity contribution in [2.45, 2.75) is 70.0 Å². The lowest BCUT2D eigenvalue weighted by Gasteiger charge is -2.34.